The topological polar surface area (TPSA) is 59.1 Å². The minimum absolute atomic E-state index is 0.183. The van der Waals surface area contributed by atoms with E-state index in [-0.39, 0.29) is 11.7 Å². The summed E-state index contributed by atoms with van der Waals surface area (Å²) >= 11 is 5.86. The van der Waals surface area contributed by atoms with Crippen molar-refractivity contribution in [3.05, 3.63) is 94.8 Å². The van der Waals surface area contributed by atoms with Gasteiger partial charge in [-0.15, -0.1) is 0 Å². The van der Waals surface area contributed by atoms with Gasteiger partial charge in [0, 0.05) is 34.1 Å². The summed E-state index contributed by atoms with van der Waals surface area (Å²) in [5, 5.41) is 3.34. The van der Waals surface area contributed by atoms with Crippen LogP contribution in [0.1, 0.15) is 26.3 Å². The maximum atomic E-state index is 12.7. The zero-order valence-electron chi connectivity index (χ0n) is 12.6. The van der Waals surface area contributed by atoms with Crippen LogP contribution in [0.4, 0.5) is 5.69 Å². The number of carbonyl (C=O) groups excluding carboxylic acids is 2. The first kappa shape index (κ1) is 15.9. The molecule has 1 amide bonds. The summed E-state index contributed by atoms with van der Waals surface area (Å²) in [7, 11) is 0. The Morgan fingerprint density at radius 3 is 2.21 bits per heavy atom. The Labute approximate surface area is 144 Å². The normalized spacial score (nSPS) is 10.2. The Morgan fingerprint density at radius 1 is 0.833 bits per heavy atom. The van der Waals surface area contributed by atoms with Gasteiger partial charge in [-0.25, -0.2) is 0 Å². The van der Waals surface area contributed by atoms with Crippen molar-refractivity contribution in [1.29, 1.82) is 0 Å². The largest absolute Gasteiger partial charge is 0.321 e. The minimum atomic E-state index is -0.297. The third-order valence-electron chi connectivity index (χ3n) is 3.47. The fraction of sp³-hybridized carbons (Fsp3) is 0. The predicted octanol–water partition coefficient (Wildman–Crippen LogP) is 4.22. The number of para-hydroxylation sites is 1. The van der Waals surface area contributed by atoms with Crippen molar-refractivity contribution in [2.75, 3.05) is 5.32 Å². The number of nitrogens with zero attached hydrogens (tertiary/aromatic N) is 1. The molecule has 0 saturated carbocycles. The van der Waals surface area contributed by atoms with Crippen molar-refractivity contribution in [1.82, 2.24) is 4.98 Å². The van der Waals surface area contributed by atoms with Gasteiger partial charge in [-0.3, -0.25) is 14.6 Å². The lowest BCUT2D eigenvalue weighted by Gasteiger charge is -2.10. The summed E-state index contributed by atoms with van der Waals surface area (Å²) in [5.41, 5.74) is 1.85. The number of rotatable bonds is 4. The van der Waals surface area contributed by atoms with Gasteiger partial charge < -0.3 is 5.32 Å². The number of hydrogen-bond acceptors (Lipinski definition) is 3. The molecule has 3 aromatic rings. The van der Waals surface area contributed by atoms with Crippen molar-refractivity contribution >= 4 is 29.0 Å². The zero-order valence-corrected chi connectivity index (χ0v) is 13.3. The number of hydrogen-bond donors (Lipinski definition) is 1. The van der Waals surface area contributed by atoms with Crippen LogP contribution in [0.2, 0.25) is 5.02 Å². The molecule has 118 valence electrons. The zero-order chi connectivity index (χ0) is 16.9. The lowest BCUT2D eigenvalue weighted by molar-refractivity contribution is 0.102. The molecule has 2 aromatic carbocycles. The van der Waals surface area contributed by atoms with Crippen LogP contribution in [-0.4, -0.2) is 16.7 Å². The number of amides is 1. The molecule has 0 aliphatic heterocycles. The van der Waals surface area contributed by atoms with Gasteiger partial charge in [0.05, 0.1) is 5.69 Å². The number of benzene rings is 2. The van der Waals surface area contributed by atoms with Crippen LogP contribution < -0.4 is 5.32 Å². The fourth-order valence-electron chi connectivity index (χ4n) is 2.24. The van der Waals surface area contributed by atoms with Crippen molar-refractivity contribution in [2.24, 2.45) is 0 Å². The van der Waals surface area contributed by atoms with Crippen molar-refractivity contribution in [2.45, 2.75) is 0 Å². The predicted molar refractivity (Wildman–Crippen MR) is 93.5 cm³/mol. The Morgan fingerprint density at radius 2 is 1.50 bits per heavy atom. The van der Waals surface area contributed by atoms with E-state index < -0.39 is 0 Å². The Bertz CT molecular complexity index is 877. The molecule has 0 saturated heterocycles. The average molecular weight is 337 g/mol. The van der Waals surface area contributed by atoms with E-state index in [1.807, 2.05) is 0 Å². The number of nitrogens with one attached hydrogen (secondary N) is 1. The highest BCUT2D eigenvalue weighted by Gasteiger charge is 2.15. The minimum Gasteiger partial charge on any atom is -0.321 e. The summed E-state index contributed by atoms with van der Waals surface area (Å²) in [5.74, 6) is -0.481. The van der Waals surface area contributed by atoms with Crippen molar-refractivity contribution < 1.29 is 9.59 Å². The molecule has 1 aromatic heterocycles. The summed E-state index contributed by atoms with van der Waals surface area (Å²) in [6.45, 7) is 0. The molecule has 4 nitrogen and oxygen atoms in total. The number of anilines is 1. The molecule has 24 heavy (non-hydrogen) atoms. The average Bonchev–Trinajstić information content (AvgIpc) is 2.63. The summed E-state index contributed by atoms with van der Waals surface area (Å²) in [4.78, 5) is 28.9. The van der Waals surface area contributed by atoms with Gasteiger partial charge in [-0.2, -0.15) is 0 Å². The third kappa shape index (κ3) is 3.50. The monoisotopic (exact) mass is 336 g/mol. The van der Waals surface area contributed by atoms with Crippen LogP contribution in [0.3, 0.4) is 0 Å². The van der Waals surface area contributed by atoms with Gasteiger partial charge in [0.25, 0.3) is 5.91 Å². The van der Waals surface area contributed by atoms with Gasteiger partial charge in [0.15, 0.2) is 5.78 Å². The summed E-state index contributed by atoms with van der Waals surface area (Å²) in [6.07, 6.45) is 3.08. The quantitative estimate of drug-likeness (QED) is 0.726. The molecule has 1 heterocycles. The summed E-state index contributed by atoms with van der Waals surface area (Å²) in [6, 6.07) is 16.8. The molecule has 1 N–H and O–H groups in total. The number of aromatic nitrogens is 1. The number of pyridine rings is 1. The van der Waals surface area contributed by atoms with Crippen LogP contribution in [0.15, 0.2) is 73.1 Å². The number of halogens is 1. The second kappa shape index (κ2) is 7.06. The van der Waals surface area contributed by atoms with Gasteiger partial charge in [0.2, 0.25) is 0 Å². The third-order valence-corrected chi connectivity index (χ3v) is 3.72. The van der Waals surface area contributed by atoms with E-state index in [4.69, 9.17) is 11.6 Å². The van der Waals surface area contributed by atoms with Crippen molar-refractivity contribution in [3.63, 3.8) is 0 Å². The lowest BCUT2D eigenvalue weighted by atomic mass is 10.0. The van der Waals surface area contributed by atoms with Gasteiger partial charge >= 0.3 is 0 Å². The molecular weight excluding hydrogens is 324 g/mol. The highest BCUT2D eigenvalue weighted by atomic mass is 35.5. The van der Waals surface area contributed by atoms with E-state index in [2.05, 4.69) is 10.3 Å². The molecule has 3 rings (SSSR count). The first-order valence-corrected chi connectivity index (χ1v) is 7.63. The molecular formula is C19H13ClN2O2. The molecule has 0 fully saturated rings. The van der Waals surface area contributed by atoms with Crippen LogP contribution in [0, 0.1) is 0 Å². The van der Waals surface area contributed by atoms with Crippen molar-refractivity contribution in [3.8, 4) is 0 Å². The first-order chi connectivity index (χ1) is 11.6. The van der Waals surface area contributed by atoms with Crippen LogP contribution in [0.25, 0.3) is 0 Å². The maximum Gasteiger partial charge on any atom is 0.255 e. The van der Waals surface area contributed by atoms with E-state index in [0.29, 0.717) is 27.4 Å². The summed E-state index contributed by atoms with van der Waals surface area (Å²) < 4.78 is 0. The lowest BCUT2D eigenvalue weighted by Crippen LogP contribution is -2.15. The van der Waals surface area contributed by atoms with E-state index in [1.165, 1.54) is 0 Å². The standard InChI is InChI=1S/C19H13ClN2O2/c20-15-7-5-13(6-8-15)18(23)16-3-1-2-4-17(16)22-19(24)14-9-11-21-12-10-14/h1-12H,(H,22,24). The van der Waals surface area contributed by atoms with Gasteiger partial charge in [-0.1, -0.05) is 23.7 Å². The molecule has 0 bridgehead atoms. The van der Waals surface area contributed by atoms with Gasteiger partial charge in [-0.05, 0) is 48.5 Å². The van der Waals surface area contributed by atoms with E-state index in [0.717, 1.165) is 0 Å². The highest BCUT2D eigenvalue weighted by molar-refractivity contribution is 6.30. The van der Waals surface area contributed by atoms with Crippen LogP contribution in [0.5, 0.6) is 0 Å². The van der Waals surface area contributed by atoms with E-state index >= 15 is 0 Å². The Kier molecular flexibility index (Phi) is 4.68. The molecule has 0 atom stereocenters. The van der Waals surface area contributed by atoms with Gasteiger partial charge in [0.1, 0.15) is 0 Å². The molecule has 0 aliphatic rings. The Balaban J connectivity index is 1.89. The molecule has 0 aliphatic carbocycles. The Hall–Kier alpha value is -2.98. The highest BCUT2D eigenvalue weighted by Crippen LogP contribution is 2.21. The number of ketones is 1. The molecule has 0 unspecified atom stereocenters. The van der Waals surface area contributed by atoms with E-state index in [9.17, 15) is 9.59 Å². The fourth-order valence-corrected chi connectivity index (χ4v) is 2.37. The molecule has 0 radical (unpaired) electrons. The molecule has 5 heteroatoms. The first-order valence-electron chi connectivity index (χ1n) is 7.26. The molecule has 0 spiro atoms. The SMILES string of the molecule is O=C(Nc1ccccc1C(=O)c1ccc(Cl)cc1)c1ccncc1. The van der Waals surface area contributed by atoms with Crippen LogP contribution in [-0.2, 0) is 0 Å². The van der Waals surface area contributed by atoms with E-state index in [1.54, 1.807) is 73.1 Å². The number of carbonyl (C=O) groups is 2. The smallest absolute Gasteiger partial charge is 0.255 e. The second-order valence-electron chi connectivity index (χ2n) is 5.07. The maximum absolute atomic E-state index is 12.7. The second-order valence-corrected chi connectivity index (χ2v) is 5.51. The van der Waals surface area contributed by atoms with Crippen LogP contribution >= 0.6 is 11.6 Å².